The van der Waals surface area contributed by atoms with Crippen LogP contribution < -0.4 is 5.32 Å². The van der Waals surface area contributed by atoms with Gasteiger partial charge in [-0.15, -0.1) is 0 Å². The van der Waals surface area contributed by atoms with E-state index in [4.69, 9.17) is 0 Å². The van der Waals surface area contributed by atoms with Crippen molar-refractivity contribution >= 4 is 0 Å². The highest BCUT2D eigenvalue weighted by Gasteiger charge is 1.95. The summed E-state index contributed by atoms with van der Waals surface area (Å²) in [5.74, 6) is 0. The molecule has 0 saturated heterocycles. The lowest BCUT2D eigenvalue weighted by Crippen LogP contribution is -1.86. The van der Waals surface area contributed by atoms with Gasteiger partial charge in [-0.2, -0.15) is 0 Å². The predicted molar refractivity (Wildman–Crippen MR) is 108 cm³/mol. The summed E-state index contributed by atoms with van der Waals surface area (Å²) in [4.78, 5) is 0. The third-order valence-electron chi connectivity index (χ3n) is 4.84. The average molecular weight is 331 g/mol. The first-order valence-corrected chi connectivity index (χ1v) is 10.7. The van der Waals surface area contributed by atoms with E-state index in [-0.39, 0.29) is 0 Å². The van der Waals surface area contributed by atoms with Gasteiger partial charge in [-0.3, -0.25) is 5.32 Å². The quantitative estimate of drug-likeness (QED) is 0.241. The minimum atomic E-state index is 1.09. The Hall–Kier alpha value is -0.980. The van der Waals surface area contributed by atoms with Gasteiger partial charge in [0.1, 0.15) is 0 Å². The van der Waals surface area contributed by atoms with Crippen molar-refractivity contribution in [3.63, 3.8) is 0 Å². The van der Waals surface area contributed by atoms with Crippen LogP contribution in [-0.4, -0.2) is 0 Å². The zero-order chi connectivity index (χ0) is 17.1. The molecule has 0 aromatic carbocycles. The van der Waals surface area contributed by atoms with Gasteiger partial charge in [-0.25, -0.2) is 0 Å². The second kappa shape index (κ2) is 16.9. The van der Waals surface area contributed by atoms with Gasteiger partial charge in [0.15, 0.2) is 0 Å². The number of hydrogen-bond donors (Lipinski definition) is 0. The van der Waals surface area contributed by atoms with Crippen LogP contribution in [0.2, 0.25) is 0 Å². The number of nitrogens with zero attached hydrogens (tertiary/aromatic N) is 1. The van der Waals surface area contributed by atoms with E-state index in [0.29, 0.717) is 0 Å². The van der Waals surface area contributed by atoms with Crippen molar-refractivity contribution in [1.82, 2.24) is 5.32 Å². The summed E-state index contributed by atoms with van der Waals surface area (Å²) >= 11 is 0. The monoisotopic (exact) mass is 330 g/mol. The first-order valence-electron chi connectivity index (χ1n) is 10.7. The lowest BCUT2D eigenvalue weighted by Gasteiger charge is -2.03. The molecule has 0 aromatic heterocycles. The highest BCUT2D eigenvalue weighted by Crippen LogP contribution is 2.14. The van der Waals surface area contributed by atoms with Crippen molar-refractivity contribution in [1.29, 1.82) is 0 Å². The Morgan fingerprint density at radius 1 is 0.708 bits per heavy atom. The molecule has 0 bridgehead atoms. The van der Waals surface area contributed by atoms with Crippen LogP contribution in [0.3, 0.4) is 0 Å². The summed E-state index contributed by atoms with van der Waals surface area (Å²) in [6.45, 7) is 2.29. The van der Waals surface area contributed by atoms with Crippen molar-refractivity contribution in [2.45, 2.75) is 110 Å². The second-order valence-corrected chi connectivity index (χ2v) is 7.20. The molecule has 24 heavy (non-hydrogen) atoms. The van der Waals surface area contributed by atoms with Gasteiger partial charge in [-0.1, -0.05) is 103 Å². The third kappa shape index (κ3) is 13.5. The second-order valence-electron chi connectivity index (χ2n) is 7.20. The number of rotatable bonds is 17. The first kappa shape index (κ1) is 21.1. The van der Waals surface area contributed by atoms with Gasteiger partial charge < -0.3 is 0 Å². The Morgan fingerprint density at radius 3 is 1.67 bits per heavy atom. The van der Waals surface area contributed by atoms with E-state index in [1.165, 1.54) is 103 Å². The van der Waals surface area contributed by atoms with E-state index in [1.807, 2.05) is 12.3 Å². The Balaban J connectivity index is 1.69. The molecule has 0 aliphatic carbocycles. The topological polar surface area (TPSA) is 14.1 Å². The molecule has 0 unspecified atom stereocenters. The van der Waals surface area contributed by atoms with Crippen LogP contribution in [0.4, 0.5) is 0 Å². The van der Waals surface area contributed by atoms with Crippen LogP contribution in [0.5, 0.6) is 0 Å². The first-order chi connectivity index (χ1) is 11.9. The molecule has 1 aliphatic heterocycles. The van der Waals surface area contributed by atoms with E-state index < -0.39 is 0 Å². The molecular weight excluding hydrogens is 290 g/mol. The molecule has 137 valence electrons. The molecule has 0 saturated carbocycles. The van der Waals surface area contributed by atoms with Crippen molar-refractivity contribution in [2.24, 2.45) is 0 Å². The van der Waals surface area contributed by atoms with Crippen LogP contribution >= 0.6 is 0 Å². The lowest BCUT2D eigenvalue weighted by atomic mass is 10.0. The molecule has 1 aliphatic rings. The minimum absolute atomic E-state index is 1.09. The van der Waals surface area contributed by atoms with E-state index >= 15 is 0 Å². The maximum Gasteiger partial charge on any atom is 0.0626 e. The lowest BCUT2D eigenvalue weighted by molar-refractivity contribution is 0.533. The molecule has 0 atom stereocenters. The van der Waals surface area contributed by atoms with E-state index in [9.17, 15) is 0 Å². The molecule has 0 aromatic rings. The van der Waals surface area contributed by atoms with Gasteiger partial charge in [0.05, 0.1) is 5.70 Å². The van der Waals surface area contributed by atoms with Crippen molar-refractivity contribution in [3.8, 4) is 0 Å². The summed E-state index contributed by atoms with van der Waals surface area (Å²) in [7, 11) is 0. The van der Waals surface area contributed by atoms with Gasteiger partial charge >= 0.3 is 0 Å². The van der Waals surface area contributed by atoms with Gasteiger partial charge in [-0.05, 0) is 31.1 Å². The zero-order valence-electron chi connectivity index (χ0n) is 16.1. The summed E-state index contributed by atoms with van der Waals surface area (Å²) < 4.78 is 0. The molecule has 0 spiro atoms. The largest absolute Gasteiger partial charge is 0.257 e. The summed E-state index contributed by atoms with van der Waals surface area (Å²) in [6, 6.07) is 0. The van der Waals surface area contributed by atoms with Crippen molar-refractivity contribution in [3.05, 3.63) is 36.2 Å². The minimum Gasteiger partial charge on any atom is -0.257 e. The van der Waals surface area contributed by atoms with Crippen LogP contribution in [0.15, 0.2) is 36.2 Å². The zero-order valence-corrected chi connectivity index (χ0v) is 16.1. The summed E-state index contributed by atoms with van der Waals surface area (Å²) in [6.07, 6.45) is 33.0. The van der Waals surface area contributed by atoms with Gasteiger partial charge in [0.25, 0.3) is 0 Å². The van der Waals surface area contributed by atoms with E-state index in [2.05, 4.69) is 30.5 Å². The molecule has 0 N–H and O–H groups in total. The highest BCUT2D eigenvalue weighted by molar-refractivity contribution is 5.28. The maximum absolute atomic E-state index is 4.24. The van der Waals surface area contributed by atoms with Crippen LogP contribution in [0.25, 0.3) is 0 Å². The average Bonchev–Trinajstić information content (AvgIpc) is 3.11. The van der Waals surface area contributed by atoms with E-state index in [1.54, 1.807) is 0 Å². The summed E-state index contributed by atoms with van der Waals surface area (Å²) in [5.41, 5.74) is 1.09. The van der Waals surface area contributed by atoms with Crippen LogP contribution in [-0.2, 0) is 0 Å². The molecule has 1 heterocycles. The molecule has 1 nitrogen and oxygen atoms in total. The smallest absolute Gasteiger partial charge is 0.0626 e. The van der Waals surface area contributed by atoms with Crippen LogP contribution in [0.1, 0.15) is 110 Å². The van der Waals surface area contributed by atoms with Crippen molar-refractivity contribution in [2.75, 3.05) is 0 Å². The Labute approximate surface area is 151 Å². The molecule has 0 fully saturated rings. The fourth-order valence-corrected chi connectivity index (χ4v) is 3.25. The van der Waals surface area contributed by atoms with Crippen LogP contribution in [0, 0.1) is 0 Å². The summed E-state index contributed by atoms with van der Waals surface area (Å²) in [5, 5.41) is 4.24. The highest BCUT2D eigenvalue weighted by atomic mass is 14.9. The Morgan fingerprint density at radius 2 is 1.21 bits per heavy atom. The Bertz CT molecular complexity index is 351. The molecule has 0 amide bonds. The van der Waals surface area contributed by atoms with Gasteiger partial charge in [0.2, 0.25) is 0 Å². The maximum atomic E-state index is 4.24. The molecule has 1 radical (unpaired) electrons. The molecule has 1 heteroatoms. The molecule has 1 rings (SSSR count). The Kier molecular flexibility index (Phi) is 14.8. The fraction of sp³-hybridized carbons (Fsp3) is 0.739. The number of hydrogen-bond acceptors (Lipinski definition) is 0. The predicted octanol–water partition coefficient (Wildman–Crippen LogP) is 7.82. The standard InChI is InChI=1S/C23H40N/c1-2-3-4-5-6-7-8-9-10-11-12-13-14-15-16-17-18-20-23-21-19-22-24-23/h18-22H,2-17H2,1H3/b20-18+. The number of unbranched alkanes of at least 4 members (excludes halogenated alkanes) is 15. The van der Waals surface area contributed by atoms with Gasteiger partial charge in [0, 0.05) is 6.20 Å². The van der Waals surface area contributed by atoms with Crippen molar-refractivity contribution < 1.29 is 0 Å². The fourth-order valence-electron chi connectivity index (χ4n) is 3.25. The molecular formula is C23H40N. The normalized spacial score (nSPS) is 13.6. The number of allylic oxidation sites excluding steroid dienone is 4. The van der Waals surface area contributed by atoms with E-state index in [0.717, 1.165) is 5.70 Å². The SMILES string of the molecule is CCCCCCCCCCCCCCCCC/C=C/C1=CC=C[N]1. The third-order valence-corrected chi connectivity index (χ3v) is 4.84.